The molecule has 1 saturated heterocycles. The number of nitrogen functional groups attached to an aromatic ring is 1. The zero-order chi connectivity index (χ0) is 14.3. The van der Waals surface area contributed by atoms with E-state index in [0.717, 1.165) is 12.2 Å². The molecule has 0 spiro atoms. The molecule has 2 atom stereocenters. The predicted octanol–water partition coefficient (Wildman–Crippen LogP) is 1.21. The van der Waals surface area contributed by atoms with E-state index in [-0.39, 0.29) is 24.7 Å². The van der Waals surface area contributed by atoms with Crippen molar-refractivity contribution in [2.75, 3.05) is 35.7 Å². The van der Waals surface area contributed by atoms with Gasteiger partial charge in [0.05, 0.1) is 29.8 Å². The third kappa shape index (κ3) is 2.27. The summed E-state index contributed by atoms with van der Waals surface area (Å²) < 4.78 is 11.0. The fourth-order valence-corrected chi connectivity index (χ4v) is 2.62. The zero-order valence-electron chi connectivity index (χ0n) is 11.7. The van der Waals surface area contributed by atoms with Crippen LogP contribution in [0.4, 0.5) is 17.1 Å². The van der Waals surface area contributed by atoms with Gasteiger partial charge in [0.1, 0.15) is 5.75 Å². The Morgan fingerprint density at radius 3 is 3.00 bits per heavy atom. The zero-order valence-corrected chi connectivity index (χ0v) is 11.7. The highest BCUT2D eigenvalue weighted by Crippen LogP contribution is 2.38. The van der Waals surface area contributed by atoms with Crippen LogP contribution in [0.3, 0.4) is 0 Å². The molecule has 0 bridgehead atoms. The molecule has 1 amide bonds. The van der Waals surface area contributed by atoms with Gasteiger partial charge in [0.2, 0.25) is 0 Å². The van der Waals surface area contributed by atoms with Crippen LogP contribution < -0.4 is 20.7 Å². The maximum Gasteiger partial charge on any atom is 0.262 e. The Kier molecular flexibility index (Phi) is 3.17. The number of morpholine rings is 1. The van der Waals surface area contributed by atoms with Crippen molar-refractivity contribution >= 4 is 23.0 Å². The van der Waals surface area contributed by atoms with Crippen molar-refractivity contribution in [2.45, 2.75) is 26.0 Å². The molecule has 1 aromatic carbocycles. The summed E-state index contributed by atoms with van der Waals surface area (Å²) in [5.74, 6) is 0.483. The standard InChI is InChI=1S/C14H19N3O3/c1-8-6-19-9(2)5-17(8)12-4-11-13(3-10(12)15)20-7-14(18)16-11/h3-4,8-9H,5-7,15H2,1-2H3,(H,16,18). The third-order valence-corrected chi connectivity index (χ3v) is 3.68. The van der Waals surface area contributed by atoms with Gasteiger partial charge in [-0.05, 0) is 19.9 Å². The minimum atomic E-state index is -0.142. The number of amides is 1. The SMILES string of the molecule is CC1CN(c2cc3c(cc2N)OCC(=O)N3)C(C)CO1. The van der Waals surface area contributed by atoms with Crippen LogP contribution in [0.5, 0.6) is 5.75 Å². The van der Waals surface area contributed by atoms with E-state index in [1.54, 1.807) is 6.07 Å². The molecule has 2 unspecified atom stereocenters. The summed E-state index contributed by atoms with van der Waals surface area (Å²) in [6.07, 6.45) is 0.160. The fraction of sp³-hybridized carbons (Fsp3) is 0.500. The molecule has 0 radical (unpaired) electrons. The lowest BCUT2D eigenvalue weighted by atomic mass is 10.1. The first kappa shape index (κ1) is 13.1. The molecule has 0 aromatic heterocycles. The number of hydrogen-bond acceptors (Lipinski definition) is 5. The van der Waals surface area contributed by atoms with Gasteiger partial charge in [0, 0.05) is 18.7 Å². The van der Waals surface area contributed by atoms with E-state index in [1.807, 2.05) is 13.0 Å². The van der Waals surface area contributed by atoms with E-state index < -0.39 is 0 Å². The van der Waals surface area contributed by atoms with Crippen LogP contribution in [0.2, 0.25) is 0 Å². The summed E-state index contributed by atoms with van der Waals surface area (Å²) >= 11 is 0. The summed E-state index contributed by atoms with van der Waals surface area (Å²) in [5.41, 5.74) is 8.39. The molecule has 6 nitrogen and oxygen atoms in total. The van der Waals surface area contributed by atoms with Crippen LogP contribution in [0.1, 0.15) is 13.8 Å². The topological polar surface area (TPSA) is 76.8 Å². The Balaban J connectivity index is 1.96. The maximum atomic E-state index is 11.4. The van der Waals surface area contributed by atoms with Crippen LogP contribution >= 0.6 is 0 Å². The molecule has 0 aliphatic carbocycles. The fourth-order valence-electron chi connectivity index (χ4n) is 2.62. The highest BCUT2D eigenvalue weighted by atomic mass is 16.5. The molecule has 108 valence electrons. The van der Waals surface area contributed by atoms with Gasteiger partial charge in [-0.3, -0.25) is 4.79 Å². The highest BCUT2D eigenvalue weighted by Gasteiger charge is 2.27. The number of fused-ring (bicyclic) bond motifs is 1. The van der Waals surface area contributed by atoms with Gasteiger partial charge < -0.3 is 25.4 Å². The highest BCUT2D eigenvalue weighted by molar-refractivity contribution is 5.97. The Morgan fingerprint density at radius 2 is 2.20 bits per heavy atom. The predicted molar refractivity (Wildman–Crippen MR) is 77.2 cm³/mol. The lowest BCUT2D eigenvalue weighted by Gasteiger charge is -2.39. The molecule has 1 aromatic rings. The second kappa shape index (κ2) is 4.86. The molecule has 6 heteroatoms. The van der Waals surface area contributed by atoms with Gasteiger partial charge in [-0.15, -0.1) is 0 Å². The Labute approximate surface area is 117 Å². The van der Waals surface area contributed by atoms with E-state index in [0.29, 0.717) is 23.7 Å². The normalized spacial score (nSPS) is 25.7. The summed E-state index contributed by atoms with van der Waals surface area (Å²) in [4.78, 5) is 13.6. The van der Waals surface area contributed by atoms with Crippen LogP contribution in [-0.4, -0.2) is 37.8 Å². The molecule has 2 heterocycles. The first-order chi connectivity index (χ1) is 9.54. The maximum absolute atomic E-state index is 11.4. The lowest BCUT2D eigenvalue weighted by molar-refractivity contribution is -0.118. The summed E-state index contributed by atoms with van der Waals surface area (Å²) in [6.45, 7) is 5.62. The van der Waals surface area contributed by atoms with E-state index in [4.69, 9.17) is 15.2 Å². The molecule has 3 N–H and O–H groups in total. The number of anilines is 3. The van der Waals surface area contributed by atoms with Crippen LogP contribution in [-0.2, 0) is 9.53 Å². The molecule has 0 saturated carbocycles. The summed E-state index contributed by atoms with van der Waals surface area (Å²) in [5, 5.41) is 2.82. The largest absolute Gasteiger partial charge is 0.482 e. The van der Waals surface area contributed by atoms with Crippen molar-refractivity contribution in [2.24, 2.45) is 0 Å². The number of rotatable bonds is 1. The quantitative estimate of drug-likeness (QED) is 0.755. The van der Waals surface area contributed by atoms with E-state index in [2.05, 4.69) is 17.1 Å². The molecule has 3 rings (SSSR count). The number of carbonyl (C=O) groups excluding carboxylic acids is 1. The average molecular weight is 277 g/mol. The Bertz CT molecular complexity index is 547. The van der Waals surface area contributed by atoms with Crippen molar-refractivity contribution < 1.29 is 14.3 Å². The smallest absolute Gasteiger partial charge is 0.262 e. The van der Waals surface area contributed by atoms with Crippen molar-refractivity contribution in [1.29, 1.82) is 0 Å². The van der Waals surface area contributed by atoms with Gasteiger partial charge in [0.25, 0.3) is 5.91 Å². The van der Waals surface area contributed by atoms with Gasteiger partial charge in [-0.2, -0.15) is 0 Å². The second-order valence-corrected chi connectivity index (χ2v) is 5.39. The minimum Gasteiger partial charge on any atom is -0.482 e. The van der Waals surface area contributed by atoms with Crippen molar-refractivity contribution in [1.82, 2.24) is 0 Å². The minimum absolute atomic E-state index is 0.0385. The molecule has 2 aliphatic rings. The molecular formula is C14H19N3O3. The Hall–Kier alpha value is -1.95. The van der Waals surface area contributed by atoms with Crippen LogP contribution in [0.15, 0.2) is 12.1 Å². The summed E-state index contributed by atoms with van der Waals surface area (Å²) in [7, 11) is 0. The first-order valence-corrected chi connectivity index (χ1v) is 6.79. The van der Waals surface area contributed by atoms with Gasteiger partial charge in [0.15, 0.2) is 6.61 Å². The molecule has 20 heavy (non-hydrogen) atoms. The number of nitrogens with zero attached hydrogens (tertiary/aromatic N) is 1. The van der Waals surface area contributed by atoms with Crippen molar-refractivity contribution in [3.05, 3.63) is 12.1 Å². The van der Waals surface area contributed by atoms with E-state index >= 15 is 0 Å². The van der Waals surface area contributed by atoms with Crippen LogP contribution in [0.25, 0.3) is 0 Å². The van der Waals surface area contributed by atoms with Gasteiger partial charge in [-0.25, -0.2) is 0 Å². The number of ether oxygens (including phenoxy) is 2. The second-order valence-electron chi connectivity index (χ2n) is 5.39. The first-order valence-electron chi connectivity index (χ1n) is 6.79. The van der Waals surface area contributed by atoms with Gasteiger partial charge in [-0.1, -0.05) is 0 Å². The molecule has 1 fully saturated rings. The van der Waals surface area contributed by atoms with Crippen molar-refractivity contribution in [3.8, 4) is 5.75 Å². The molecular weight excluding hydrogens is 258 g/mol. The Morgan fingerprint density at radius 1 is 1.40 bits per heavy atom. The number of benzene rings is 1. The summed E-state index contributed by atoms with van der Waals surface area (Å²) in [6, 6.07) is 3.90. The number of nitrogens with two attached hydrogens (primary N) is 1. The van der Waals surface area contributed by atoms with Crippen molar-refractivity contribution in [3.63, 3.8) is 0 Å². The lowest BCUT2D eigenvalue weighted by Crippen LogP contribution is -2.47. The average Bonchev–Trinajstić information content (AvgIpc) is 2.41. The van der Waals surface area contributed by atoms with E-state index in [1.165, 1.54) is 0 Å². The number of hydrogen-bond donors (Lipinski definition) is 2. The van der Waals surface area contributed by atoms with E-state index in [9.17, 15) is 4.79 Å². The number of nitrogens with one attached hydrogen (secondary N) is 1. The van der Waals surface area contributed by atoms with Gasteiger partial charge >= 0.3 is 0 Å². The number of carbonyl (C=O) groups is 1. The third-order valence-electron chi connectivity index (χ3n) is 3.68. The molecule has 2 aliphatic heterocycles. The van der Waals surface area contributed by atoms with Crippen LogP contribution in [0, 0.1) is 0 Å². The monoisotopic (exact) mass is 277 g/mol.